The van der Waals surface area contributed by atoms with Crippen molar-refractivity contribution in [1.82, 2.24) is 4.90 Å². The Morgan fingerprint density at radius 2 is 1.81 bits per heavy atom. The molecule has 0 aliphatic carbocycles. The molecule has 2 heterocycles. The molecule has 1 atom stereocenters. The number of aliphatic imine (C=N–C) groups is 1. The Kier molecular flexibility index (Phi) is 4.46. The van der Waals surface area contributed by atoms with Crippen LogP contribution < -0.4 is 15.2 Å². The second kappa shape index (κ2) is 6.60. The summed E-state index contributed by atoms with van der Waals surface area (Å²) >= 11 is 0. The second-order valence-corrected chi connectivity index (χ2v) is 7.85. The number of hydrogen-bond donors (Lipinski definition) is 1. The highest BCUT2D eigenvalue weighted by atomic mass is 19.3. The Hall–Kier alpha value is -3.30. The summed E-state index contributed by atoms with van der Waals surface area (Å²) in [7, 11) is 1.27. The molecule has 2 aliphatic rings. The van der Waals surface area contributed by atoms with Gasteiger partial charge in [0, 0.05) is 12.6 Å². The monoisotopic (exact) mass is 437 g/mol. The zero-order chi connectivity index (χ0) is 22.8. The van der Waals surface area contributed by atoms with E-state index in [1.165, 1.54) is 51.2 Å². The molecule has 31 heavy (non-hydrogen) atoms. The summed E-state index contributed by atoms with van der Waals surface area (Å²) in [5.41, 5.74) is 1.72. The first-order valence-electron chi connectivity index (χ1n) is 9.31. The Morgan fingerprint density at radius 3 is 2.42 bits per heavy atom. The third-order valence-electron chi connectivity index (χ3n) is 5.58. The molecule has 1 spiro atoms. The maximum atomic E-state index is 15.7. The van der Waals surface area contributed by atoms with Crippen LogP contribution in [0.15, 0.2) is 47.5 Å². The average molecular weight is 437 g/mol. The summed E-state index contributed by atoms with van der Waals surface area (Å²) in [4.78, 5) is 17.9. The van der Waals surface area contributed by atoms with Crippen LogP contribution in [-0.2, 0) is 10.3 Å². The number of carbonyl (C=O) groups is 1. The van der Waals surface area contributed by atoms with Gasteiger partial charge in [-0.25, -0.2) is 4.99 Å². The number of halogens is 4. The third-order valence-corrected chi connectivity index (χ3v) is 5.58. The molecule has 0 bridgehead atoms. The summed E-state index contributed by atoms with van der Waals surface area (Å²) < 4.78 is 66.5. The van der Waals surface area contributed by atoms with Crippen molar-refractivity contribution in [2.24, 2.45) is 10.7 Å². The van der Waals surface area contributed by atoms with Gasteiger partial charge in [-0.15, -0.1) is 0 Å². The van der Waals surface area contributed by atoms with Gasteiger partial charge in [-0.05, 0) is 49.2 Å². The van der Waals surface area contributed by atoms with Gasteiger partial charge in [0.25, 0.3) is 5.91 Å². The summed E-state index contributed by atoms with van der Waals surface area (Å²) in [5, 5.41) is 0. The fraction of sp³-hybridized carbons (Fsp3) is 0.333. The van der Waals surface area contributed by atoms with Crippen LogP contribution in [0.4, 0.5) is 17.6 Å². The lowest BCUT2D eigenvalue weighted by Gasteiger charge is -2.47. The van der Waals surface area contributed by atoms with E-state index in [4.69, 9.17) is 10.5 Å². The van der Waals surface area contributed by atoms with Gasteiger partial charge in [0.05, 0.1) is 0 Å². The first-order chi connectivity index (χ1) is 14.4. The van der Waals surface area contributed by atoms with Crippen molar-refractivity contribution < 1.29 is 31.8 Å². The third kappa shape index (κ3) is 2.84. The zero-order valence-electron chi connectivity index (χ0n) is 16.8. The van der Waals surface area contributed by atoms with Gasteiger partial charge in [0.15, 0.2) is 11.6 Å². The molecule has 2 aromatic rings. The first kappa shape index (κ1) is 21.0. The van der Waals surface area contributed by atoms with Crippen molar-refractivity contribution in [3.05, 3.63) is 48.0 Å². The number of amides is 1. The minimum absolute atomic E-state index is 0.0554. The predicted octanol–water partition coefficient (Wildman–Crippen LogP) is 3.74. The van der Waals surface area contributed by atoms with Crippen LogP contribution in [0.1, 0.15) is 19.4 Å². The van der Waals surface area contributed by atoms with Crippen LogP contribution in [0.25, 0.3) is 11.1 Å². The van der Waals surface area contributed by atoms with Gasteiger partial charge in [-0.2, -0.15) is 17.6 Å². The predicted molar refractivity (Wildman–Crippen MR) is 104 cm³/mol. The molecule has 164 valence electrons. The number of alkyl halides is 4. The lowest BCUT2D eigenvalue weighted by Crippen LogP contribution is -2.65. The van der Waals surface area contributed by atoms with Gasteiger partial charge in [-0.1, -0.05) is 18.2 Å². The summed E-state index contributed by atoms with van der Waals surface area (Å²) in [5.74, 6) is -5.12. The Bertz CT molecular complexity index is 1100. The molecule has 2 N–H and O–H groups in total. The van der Waals surface area contributed by atoms with Gasteiger partial charge >= 0.3 is 12.5 Å². The van der Waals surface area contributed by atoms with E-state index in [9.17, 15) is 13.6 Å². The fourth-order valence-electron chi connectivity index (χ4n) is 3.90. The Balaban J connectivity index is 1.93. The molecule has 10 heteroatoms. The van der Waals surface area contributed by atoms with Crippen LogP contribution in [-0.4, -0.2) is 41.9 Å². The van der Waals surface area contributed by atoms with E-state index in [0.29, 0.717) is 11.1 Å². The Labute approximate surface area is 175 Å². The lowest BCUT2D eigenvalue weighted by atomic mass is 9.73. The molecule has 2 aliphatic heterocycles. The van der Waals surface area contributed by atoms with E-state index in [-0.39, 0.29) is 23.0 Å². The van der Waals surface area contributed by atoms with E-state index in [1.54, 1.807) is 12.1 Å². The van der Waals surface area contributed by atoms with Crippen molar-refractivity contribution in [2.75, 3.05) is 7.05 Å². The highest BCUT2D eigenvalue weighted by Gasteiger charge is 2.74. The van der Waals surface area contributed by atoms with Crippen LogP contribution in [0.2, 0.25) is 0 Å². The molecular formula is C21H19F4N3O3. The zero-order valence-corrected chi connectivity index (χ0v) is 16.8. The van der Waals surface area contributed by atoms with Crippen molar-refractivity contribution in [3.8, 4) is 22.6 Å². The standard InChI is InChI=1S/C21H19F4N3O3/c1-19(2)21(24,25)20(16(29)28(3)18(26)27-20)14-10-12(7-8-15(14)31-19)11-5-4-6-13(9-11)30-17(22)23/h4-10,17H,1-3H3,(H2,26,27). The molecular weight excluding hydrogens is 418 g/mol. The van der Waals surface area contributed by atoms with E-state index in [1.807, 2.05) is 0 Å². The van der Waals surface area contributed by atoms with E-state index >= 15 is 8.78 Å². The normalized spacial score (nSPS) is 23.5. The van der Waals surface area contributed by atoms with Crippen LogP contribution in [0, 0.1) is 0 Å². The SMILES string of the molecule is CN1C(=O)C2(N=C1N)c1cc(-c3cccc(OC(F)F)c3)ccc1OC(C)(C)C2(F)F. The number of likely N-dealkylation sites (N-methyl/N-ethyl adjacent to an activating group) is 1. The maximum Gasteiger partial charge on any atom is 0.387 e. The molecule has 0 fully saturated rings. The molecule has 0 saturated carbocycles. The number of benzene rings is 2. The van der Waals surface area contributed by atoms with Crippen LogP contribution in [0.3, 0.4) is 0 Å². The molecule has 1 unspecified atom stereocenters. The minimum Gasteiger partial charge on any atom is -0.481 e. The van der Waals surface area contributed by atoms with E-state index in [2.05, 4.69) is 9.73 Å². The molecule has 2 aromatic carbocycles. The molecule has 0 aromatic heterocycles. The minimum atomic E-state index is -3.75. The van der Waals surface area contributed by atoms with Crippen LogP contribution in [0.5, 0.6) is 11.5 Å². The number of ether oxygens (including phenoxy) is 2. The van der Waals surface area contributed by atoms with Crippen molar-refractivity contribution in [3.63, 3.8) is 0 Å². The highest BCUT2D eigenvalue weighted by molar-refractivity contribution is 6.08. The number of carbonyl (C=O) groups excluding carboxylic acids is 1. The quantitative estimate of drug-likeness (QED) is 0.743. The lowest BCUT2D eigenvalue weighted by molar-refractivity contribution is -0.208. The smallest absolute Gasteiger partial charge is 0.387 e. The van der Waals surface area contributed by atoms with Crippen LogP contribution >= 0.6 is 0 Å². The van der Waals surface area contributed by atoms with Gasteiger partial charge < -0.3 is 15.2 Å². The van der Waals surface area contributed by atoms with Crippen molar-refractivity contribution in [2.45, 2.75) is 37.5 Å². The molecule has 6 nitrogen and oxygen atoms in total. The van der Waals surface area contributed by atoms with Gasteiger partial charge in [0.2, 0.25) is 5.54 Å². The molecule has 0 saturated heterocycles. The number of nitrogens with two attached hydrogens (primary N) is 1. The summed E-state index contributed by atoms with van der Waals surface area (Å²) in [6, 6.07) is 10.1. The number of hydrogen-bond acceptors (Lipinski definition) is 5. The molecule has 4 rings (SSSR count). The van der Waals surface area contributed by atoms with E-state index < -0.39 is 29.6 Å². The number of guanidine groups is 1. The topological polar surface area (TPSA) is 77.2 Å². The highest BCUT2D eigenvalue weighted by Crippen LogP contribution is 2.58. The number of fused-ring (bicyclic) bond motifs is 2. The fourth-order valence-corrected chi connectivity index (χ4v) is 3.90. The van der Waals surface area contributed by atoms with E-state index in [0.717, 1.165) is 4.90 Å². The average Bonchev–Trinajstić information content (AvgIpc) is 2.92. The number of nitrogens with zero attached hydrogens (tertiary/aromatic N) is 2. The Morgan fingerprint density at radius 1 is 1.13 bits per heavy atom. The van der Waals surface area contributed by atoms with Crippen molar-refractivity contribution in [1.29, 1.82) is 0 Å². The van der Waals surface area contributed by atoms with Gasteiger partial charge in [0.1, 0.15) is 11.5 Å². The van der Waals surface area contributed by atoms with Gasteiger partial charge in [-0.3, -0.25) is 9.69 Å². The summed E-state index contributed by atoms with van der Waals surface area (Å²) in [6.45, 7) is -0.664. The molecule has 1 amide bonds. The largest absolute Gasteiger partial charge is 0.481 e. The van der Waals surface area contributed by atoms with Crippen molar-refractivity contribution >= 4 is 11.9 Å². The molecule has 0 radical (unpaired) electrons. The number of rotatable bonds is 3. The summed E-state index contributed by atoms with van der Waals surface area (Å²) in [6.07, 6.45) is 0. The first-order valence-corrected chi connectivity index (χ1v) is 9.31. The maximum absolute atomic E-state index is 15.7. The second-order valence-electron chi connectivity index (χ2n) is 7.85.